The molecular formula is C23H15ClFN5O2. The van der Waals surface area contributed by atoms with Crippen molar-refractivity contribution in [3.05, 3.63) is 99.1 Å². The van der Waals surface area contributed by atoms with Crippen molar-refractivity contribution in [2.75, 3.05) is 0 Å². The van der Waals surface area contributed by atoms with Gasteiger partial charge in [-0.25, -0.2) is 14.1 Å². The Morgan fingerprint density at radius 1 is 1.09 bits per heavy atom. The quantitative estimate of drug-likeness (QED) is 0.436. The molecule has 5 rings (SSSR count). The lowest BCUT2D eigenvalue weighted by Gasteiger charge is -2.08. The van der Waals surface area contributed by atoms with Gasteiger partial charge in [0.15, 0.2) is 5.65 Å². The van der Waals surface area contributed by atoms with Crippen molar-refractivity contribution in [2.45, 2.75) is 6.54 Å². The summed E-state index contributed by atoms with van der Waals surface area (Å²) in [5.74, 6) is -0.695. The van der Waals surface area contributed by atoms with Crippen LogP contribution >= 0.6 is 11.6 Å². The predicted octanol–water partition coefficient (Wildman–Crippen LogP) is 3.96. The van der Waals surface area contributed by atoms with Gasteiger partial charge >= 0.3 is 0 Å². The van der Waals surface area contributed by atoms with Gasteiger partial charge in [-0.05, 0) is 54.1 Å². The molecule has 1 amide bonds. The molecule has 5 aromatic rings. The monoisotopic (exact) mass is 447 g/mol. The lowest BCUT2D eigenvalue weighted by Crippen LogP contribution is -2.23. The molecule has 7 nitrogen and oxygen atoms in total. The highest BCUT2D eigenvalue weighted by atomic mass is 35.5. The van der Waals surface area contributed by atoms with Crippen LogP contribution in [0.5, 0.6) is 0 Å². The van der Waals surface area contributed by atoms with Crippen molar-refractivity contribution in [3.8, 4) is 11.3 Å². The van der Waals surface area contributed by atoms with Gasteiger partial charge < -0.3 is 5.32 Å². The Hall–Kier alpha value is -4.04. The first kappa shape index (κ1) is 19.9. The molecule has 9 heteroatoms. The second kappa shape index (κ2) is 7.90. The fraction of sp³-hybridized carbons (Fsp3) is 0.0435. The SMILES string of the molecule is O=C(NCc1ccccc1Cl)c1ccc2c(=O)nc3c(-c4ccc(F)cc4)n[nH]n3c2c1. The highest BCUT2D eigenvalue weighted by Crippen LogP contribution is 2.23. The molecule has 2 aromatic heterocycles. The van der Waals surface area contributed by atoms with E-state index in [1.54, 1.807) is 36.4 Å². The number of hydrogen-bond acceptors (Lipinski definition) is 4. The van der Waals surface area contributed by atoms with E-state index in [0.29, 0.717) is 32.7 Å². The number of aromatic nitrogens is 4. The molecular weight excluding hydrogens is 433 g/mol. The van der Waals surface area contributed by atoms with Gasteiger partial charge in [-0.3, -0.25) is 9.59 Å². The number of benzene rings is 3. The Morgan fingerprint density at radius 2 is 1.88 bits per heavy atom. The van der Waals surface area contributed by atoms with E-state index in [9.17, 15) is 14.0 Å². The highest BCUT2D eigenvalue weighted by molar-refractivity contribution is 6.31. The van der Waals surface area contributed by atoms with Crippen LogP contribution in [0.25, 0.3) is 27.8 Å². The van der Waals surface area contributed by atoms with Gasteiger partial charge in [0, 0.05) is 22.7 Å². The smallest absolute Gasteiger partial charge is 0.281 e. The molecule has 0 aliphatic carbocycles. The van der Waals surface area contributed by atoms with Gasteiger partial charge in [-0.15, -0.1) is 0 Å². The summed E-state index contributed by atoms with van der Waals surface area (Å²) in [6.45, 7) is 0.265. The number of nitrogens with one attached hydrogen (secondary N) is 2. The number of H-pyrrole nitrogens is 1. The Kier molecular flexibility index (Phi) is 4.91. The van der Waals surface area contributed by atoms with Gasteiger partial charge in [0.05, 0.1) is 10.9 Å². The second-order valence-electron chi connectivity index (χ2n) is 7.15. The molecule has 0 fully saturated rings. The Bertz CT molecular complexity index is 1540. The summed E-state index contributed by atoms with van der Waals surface area (Å²) < 4.78 is 14.8. The van der Waals surface area contributed by atoms with Gasteiger partial charge in [0.2, 0.25) is 0 Å². The summed E-state index contributed by atoms with van der Waals surface area (Å²) in [5, 5.41) is 10.8. The zero-order valence-corrected chi connectivity index (χ0v) is 17.2. The maximum Gasteiger partial charge on any atom is 0.281 e. The lowest BCUT2D eigenvalue weighted by molar-refractivity contribution is 0.0951. The highest BCUT2D eigenvalue weighted by Gasteiger charge is 2.16. The first-order valence-electron chi connectivity index (χ1n) is 9.70. The fourth-order valence-corrected chi connectivity index (χ4v) is 3.69. The van der Waals surface area contributed by atoms with E-state index in [-0.39, 0.29) is 23.9 Å². The molecule has 0 bridgehead atoms. The van der Waals surface area contributed by atoms with Crippen LogP contribution in [0, 0.1) is 5.82 Å². The molecule has 0 saturated carbocycles. The first-order chi connectivity index (χ1) is 15.5. The number of carbonyl (C=O) groups is 1. The summed E-state index contributed by atoms with van der Waals surface area (Å²) in [6, 6.07) is 17.7. The van der Waals surface area contributed by atoms with Crippen molar-refractivity contribution < 1.29 is 9.18 Å². The molecule has 2 N–H and O–H groups in total. The molecule has 0 unspecified atom stereocenters. The molecule has 32 heavy (non-hydrogen) atoms. The zero-order chi connectivity index (χ0) is 22.2. The minimum atomic E-state index is -0.451. The number of fused-ring (bicyclic) bond motifs is 3. The molecule has 158 valence electrons. The number of aromatic amines is 1. The van der Waals surface area contributed by atoms with Crippen molar-refractivity contribution in [1.29, 1.82) is 0 Å². The Labute approximate surface area is 185 Å². The molecule has 0 atom stereocenters. The lowest BCUT2D eigenvalue weighted by atomic mass is 10.1. The summed E-state index contributed by atoms with van der Waals surface area (Å²) in [4.78, 5) is 29.5. The van der Waals surface area contributed by atoms with Crippen molar-refractivity contribution in [1.82, 2.24) is 25.1 Å². The van der Waals surface area contributed by atoms with Crippen LogP contribution in [-0.4, -0.2) is 25.7 Å². The standard InChI is InChI=1S/C23H15ClFN5O2/c24-18-4-2-1-3-15(18)12-26-22(31)14-7-10-17-19(11-14)30-21(27-23(17)32)20(28-29-30)13-5-8-16(25)9-6-13/h1-11,29H,12H2,(H,26,31). The molecule has 3 aromatic carbocycles. The van der Waals surface area contributed by atoms with E-state index in [2.05, 4.69) is 20.6 Å². The average molecular weight is 448 g/mol. The number of rotatable bonds is 4. The van der Waals surface area contributed by atoms with Crippen LogP contribution in [0.15, 0.2) is 71.5 Å². The van der Waals surface area contributed by atoms with Crippen LogP contribution in [0.1, 0.15) is 15.9 Å². The van der Waals surface area contributed by atoms with Gasteiger partial charge in [0.25, 0.3) is 11.5 Å². The third-order valence-electron chi connectivity index (χ3n) is 5.14. The molecule has 0 saturated heterocycles. The van der Waals surface area contributed by atoms with Crippen LogP contribution in [0.3, 0.4) is 0 Å². The van der Waals surface area contributed by atoms with Gasteiger partial charge in [-0.2, -0.15) is 10.1 Å². The number of amides is 1. The molecule has 0 aliphatic rings. The number of carbonyl (C=O) groups excluding carboxylic acids is 1. The number of halogens is 2. The summed E-state index contributed by atoms with van der Waals surface area (Å²) in [6.07, 6.45) is 0. The molecule has 0 spiro atoms. The fourth-order valence-electron chi connectivity index (χ4n) is 3.49. The van der Waals surface area contributed by atoms with E-state index >= 15 is 0 Å². The Balaban J connectivity index is 1.54. The number of hydrogen-bond donors (Lipinski definition) is 2. The van der Waals surface area contributed by atoms with E-state index in [1.807, 2.05) is 18.2 Å². The van der Waals surface area contributed by atoms with Crippen molar-refractivity contribution in [3.63, 3.8) is 0 Å². The predicted molar refractivity (Wildman–Crippen MR) is 119 cm³/mol. The van der Waals surface area contributed by atoms with Crippen LogP contribution in [0.2, 0.25) is 5.02 Å². The topological polar surface area (TPSA) is 92.2 Å². The number of nitrogens with zero attached hydrogens (tertiary/aromatic N) is 3. The van der Waals surface area contributed by atoms with Crippen molar-refractivity contribution >= 4 is 34.1 Å². The third kappa shape index (κ3) is 3.50. The minimum absolute atomic E-state index is 0.265. The maximum absolute atomic E-state index is 13.3. The normalized spacial score (nSPS) is 11.2. The second-order valence-corrected chi connectivity index (χ2v) is 7.56. The van der Waals surface area contributed by atoms with E-state index in [0.717, 1.165) is 5.56 Å². The molecule has 2 heterocycles. The maximum atomic E-state index is 13.3. The van der Waals surface area contributed by atoms with E-state index in [4.69, 9.17) is 11.6 Å². The third-order valence-corrected chi connectivity index (χ3v) is 5.51. The first-order valence-corrected chi connectivity index (χ1v) is 10.1. The van der Waals surface area contributed by atoms with Crippen LogP contribution in [0.4, 0.5) is 4.39 Å². The van der Waals surface area contributed by atoms with E-state index < -0.39 is 5.56 Å². The Morgan fingerprint density at radius 3 is 2.66 bits per heavy atom. The molecule has 0 aliphatic heterocycles. The minimum Gasteiger partial charge on any atom is -0.348 e. The van der Waals surface area contributed by atoms with Crippen molar-refractivity contribution in [2.24, 2.45) is 0 Å². The summed E-state index contributed by atoms with van der Waals surface area (Å²) in [7, 11) is 0. The van der Waals surface area contributed by atoms with Crippen LogP contribution in [-0.2, 0) is 6.54 Å². The van der Waals surface area contributed by atoms with Gasteiger partial charge in [0.1, 0.15) is 11.5 Å². The largest absolute Gasteiger partial charge is 0.348 e. The van der Waals surface area contributed by atoms with E-state index in [1.165, 1.54) is 16.6 Å². The zero-order valence-electron chi connectivity index (χ0n) is 16.5. The average Bonchev–Trinajstić information content (AvgIpc) is 3.22. The summed E-state index contributed by atoms with van der Waals surface area (Å²) in [5.41, 5.74) is 2.44. The van der Waals surface area contributed by atoms with Crippen LogP contribution < -0.4 is 10.9 Å². The molecule has 0 radical (unpaired) electrons. The summed E-state index contributed by atoms with van der Waals surface area (Å²) >= 11 is 6.15. The van der Waals surface area contributed by atoms with Gasteiger partial charge in [-0.1, -0.05) is 29.8 Å².